The van der Waals surface area contributed by atoms with Gasteiger partial charge in [-0.2, -0.15) is 0 Å². The van der Waals surface area contributed by atoms with Crippen molar-refractivity contribution in [1.29, 1.82) is 0 Å². The molecule has 1 fully saturated rings. The molecular formula is C12H13NO3. The molecule has 2 N–H and O–H groups in total. The van der Waals surface area contributed by atoms with Crippen LogP contribution in [-0.4, -0.2) is 23.5 Å². The van der Waals surface area contributed by atoms with Gasteiger partial charge >= 0.3 is 5.97 Å². The van der Waals surface area contributed by atoms with Gasteiger partial charge in [-0.25, -0.2) is 4.79 Å². The minimum absolute atomic E-state index is 0.0364. The molecule has 0 bridgehead atoms. The minimum Gasteiger partial charge on any atom is -0.478 e. The van der Waals surface area contributed by atoms with Crippen LogP contribution in [0.5, 0.6) is 0 Å². The van der Waals surface area contributed by atoms with Crippen LogP contribution in [0, 0.1) is 0 Å². The molecule has 1 heterocycles. The van der Waals surface area contributed by atoms with Gasteiger partial charge in [-0.15, -0.1) is 0 Å². The van der Waals surface area contributed by atoms with Crippen molar-refractivity contribution >= 4 is 11.9 Å². The van der Waals surface area contributed by atoms with Crippen molar-refractivity contribution in [3.8, 4) is 0 Å². The molecule has 1 amide bonds. The molecule has 1 unspecified atom stereocenters. The summed E-state index contributed by atoms with van der Waals surface area (Å²) in [4.78, 5) is 22.3. The van der Waals surface area contributed by atoms with Crippen LogP contribution in [-0.2, 0) is 4.79 Å². The lowest BCUT2D eigenvalue weighted by Crippen LogP contribution is -2.35. The highest BCUT2D eigenvalue weighted by atomic mass is 16.4. The summed E-state index contributed by atoms with van der Waals surface area (Å²) in [5.74, 6) is -1.04. The van der Waals surface area contributed by atoms with Gasteiger partial charge in [0.2, 0.25) is 5.91 Å². The van der Waals surface area contributed by atoms with E-state index in [2.05, 4.69) is 5.32 Å². The summed E-state index contributed by atoms with van der Waals surface area (Å²) in [5.41, 5.74) is 1.14. The third kappa shape index (κ3) is 2.05. The number of carbonyl (C=O) groups is 2. The van der Waals surface area contributed by atoms with Crippen LogP contribution >= 0.6 is 0 Å². The molecule has 1 aliphatic heterocycles. The lowest BCUT2D eigenvalue weighted by molar-refractivity contribution is -0.123. The second kappa shape index (κ2) is 4.35. The quantitative estimate of drug-likeness (QED) is 0.789. The molecule has 0 saturated carbocycles. The van der Waals surface area contributed by atoms with E-state index < -0.39 is 5.97 Å². The summed E-state index contributed by atoms with van der Waals surface area (Å²) >= 11 is 0. The fourth-order valence-corrected chi connectivity index (χ4v) is 1.95. The molecule has 1 aromatic rings. The maximum atomic E-state index is 11.6. The van der Waals surface area contributed by atoms with Crippen molar-refractivity contribution in [3.63, 3.8) is 0 Å². The number of piperidine rings is 1. The highest BCUT2D eigenvalue weighted by Gasteiger charge is 2.23. The normalized spacial score (nSPS) is 20.2. The first kappa shape index (κ1) is 10.7. The third-order valence-electron chi connectivity index (χ3n) is 2.85. The summed E-state index contributed by atoms with van der Waals surface area (Å²) < 4.78 is 0. The highest BCUT2D eigenvalue weighted by Crippen LogP contribution is 2.24. The first-order valence-corrected chi connectivity index (χ1v) is 5.29. The molecule has 1 atom stereocenters. The Morgan fingerprint density at radius 2 is 2.00 bits per heavy atom. The van der Waals surface area contributed by atoms with Crippen molar-refractivity contribution in [2.45, 2.75) is 18.8 Å². The van der Waals surface area contributed by atoms with Crippen molar-refractivity contribution in [1.82, 2.24) is 5.32 Å². The molecule has 1 saturated heterocycles. The van der Waals surface area contributed by atoms with Gasteiger partial charge in [0.1, 0.15) is 0 Å². The average molecular weight is 219 g/mol. The van der Waals surface area contributed by atoms with E-state index in [0.717, 1.165) is 24.9 Å². The Balaban J connectivity index is 2.20. The van der Waals surface area contributed by atoms with Crippen molar-refractivity contribution in [2.75, 3.05) is 6.54 Å². The first-order chi connectivity index (χ1) is 7.68. The second-order valence-corrected chi connectivity index (χ2v) is 3.91. The number of hydrogen-bond acceptors (Lipinski definition) is 2. The highest BCUT2D eigenvalue weighted by molar-refractivity contribution is 5.88. The van der Waals surface area contributed by atoms with Gasteiger partial charge in [-0.1, -0.05) is 12.1 Å². The van der Waals surface area contributed by atoms with Gasteiger partial charge < -0.3 is 10.4 Å². The molecule has 0 aliphatic carbocycles. The standard InChI is InChI=1S/C12H13NO3/c14-11-10(2-1-7-13-11)8-3-5-9(6-4-8)12(15)16/h3-6,10H,1-2,7H2,(H,13,14)(H,15,16). The second-order valence-electron chi connectivity index (χ2n) is 3.91. The number of nitrogens with one attached hydrogen (secondary N) is 1. The summed E-state index contributed by atoms with van der Waals surface area (Å²) in [5, 5.41) is 11.6. The molecule has 0 radical (unpaired) electrons. The van der Waals surface area contributed by atoms with E-state index in [-0.39, 0.29) is 17.4 Å². The zero-order chi connectivity index (χ0) is 11.5. The topological polar surface area (TPSA) is 66.4 Å². The molecule has 0 spiro atoms. The van der Waals surface area contributed by atoms with Crippen molar-refractivity contribution in [3.05, 3.63) is 35.4 Å². The van der Waals surface area contributed by atoms with Crippen LogP contribution < -0.4 is 5.32 Å². The Kier molecular flexibility index (Phi) is 2.90. The number of aromatic carboxylic acids is 1. The lowest BCUT2D eigenvalue weighted by atomic mass is 9.90. The largest absolute Gasteiger partial charge is 0.478 e. The molecule has 84 valence electrons. The van der Waals surface area contributed by atoms with Crippen LogP contribution in [0.1, 0.15) is 34.7 Å². The minimum atomic E-state index is -0.945. The molecule has 2 rings (SSSR count). The van der Waals surface area contributed by atoms with E-state index in [1.807, 2.05) is 0 Å². The Bertz CT molecular complexity index is 411. The molecule has 4 nitrogen and oxygen atoms in total. The molecular weight excluding hydrogens is 206 g/mol. The Hall–Kier alpha value is -1.84. The van der Waals surface area contributed by atoms with Gasteiger partial charge in [0.25, 0.3) is 0 Å². The summed E-state index contributed by atoms with van der Waals surface area (Å²) in [6.07, 6.45) is 1.80. The fourth-order valence-electron chi connectivity index (χ4n) is 1.95. The number of carbonyl (C=O) groups excluding carboxylic acids is 1. The molecule has 16 heavy (non-hydrogen) atoms. The summed E-state index contributed by atoms with van der Waals surface area (Å²) in [6.45, 7) is 0.739. The van der Waals surface area contributed by atoms with Crippen LogP contribution in [0.4, 0.5) is 0 Å². The number of rotatable bonds is 2. The van der Waals surface area contributed by atoms with Crippen molar-refractivity contribution in [2.24, 2.45) is 0 Å². The molecule has 1 aliphatic rings. The maximum absolute atomic E-state index is 11.6. The Morgan fingerprint density at radius 3 is 2.56 bits per heavy atom. The fraction of sp³-hybridized carbons (Fsp3) is 0.333. The van der Waals surface area contributed by atoms with E-state index in [9.17, 15) is 9.59 Å². The molecule has 4 heteroatoms. The van der Waals surface area contributed by atoms with E-state index in [4.69, 9.17) is 5.11 Å². The van der Waals surface area contributed by atoms with Crippen LogP contribution in [0.2, 0.25) is 0 Å². The summed E-state index contributed by atoms with van der Waals surface area (Å²) in [6, 6.07) is 6.52. The number of carboxylic acid groups (broad SMARTS) is 1. The smallest absolute Gasteiger partial charge is 0.335 e. The van der Waals surface area contributed by atoms with E-state index >= 15 is 0 Å². The third-order valence-corrected chi connectivity index (χ3v) is 2.85. The predicted molar refractivity (Wildman–Crippen MR) is 58.4 cm³/mol. The van der Waals surface area contributed by atoms with E-state index in [1.54, 1.807) is 24.3 Å². The van der Waals surface area contributed by atoms with Crippen molar-refractivity contribution < 1.29 is 14.7 Å². The monoisotopic (exact) mass is 219 g/mol. The van der Waals surface area contributed by atoms with Gasteiger partial charge in [0.05, 0.1) is 11.5 Å². The lowest BCUT2D eigenvalue weighted by Gasteiger charge is -2.22. The zero-order valence-electron chi connectivity index (χ0n) is 8.77. The SMILES string of the molecule is O=C(O)c1ccc(C2CCCNC2=O)cc1. The van der Waals surface area contributed by atoms with Gasteiger partial charge in [0.15, 0.2) is 0 Å². The zero-order valence-corrected chi connectivity index (χ0v) is 8.77. The Morgan fingerprint density at radius 1 is 1.31 bits per heavy atom. The first-order valence-electron chi connectivity index (χ1n) is 5.29. The summed E-state index contributed by atoms with van der Waals surface area (Å²) in [7, 11) is 0. The number of hydrogen-bond donors (Lipinski definition) is 2. The number of benzene rings is 1. The van der Waals surface area contributed by atoms with E-state index in [1.165, 1.54) is 0 Å². The maximum Gasteiger partial charge on any atom is 0.335 e. The van der Waals surface area contributed by atoms with Crippen LogP contribution in [0.15, 0.2) is 24.3 Å². The van der Waals surface area contributed by atoms with Gasteiger partial charge in [-0.3, -0.25) is 4.79 Å². The van der Waals surface area contributed by atoms with Crippen LogP contribution in [0.25, 0.3) is 0 Å². The molecule has 0 aromatic heterocycles. The number of carboxylic acids is 1. The number of amides is 1. The molecule has 1 aromatic carbocycles. The van der Waals surface area contributed by atoms with E-state index in [0.29, 0.717) is 0 Å². The van der Waals surface area contributed by atoms with Gasteiger partial charge in [0, 0.05) is 6.54 Å². The predicted octanol–water partition coefficient (Wildman–Crippen LogP) is 1.38. The Labute approximate surface area is 93.3 Å². The average Bonchev–Trinajstić information content (AvgIpc) is 2.30. The van der Waals surface area contributed by atoms with Crippen LogP contribution in [0.3, 0.4) is 0 Å². The van der Waals surface area contributed by atoms with Gasteiger partial charge in [-0.05, 0) is 30.5 Å².